The van der Waals surface area contributed by atoms with Crippen molar-refractivity contribution in [2.45, 2.75) is 13.0 Å². The zero-order valence-electron chi connectivity index (χ0n) is 12.8. The number of hydrogen-bond donors (Lipinski definition) is 3. The van der Waals surface area contributed by atoms with Gasteiger partial charge in [-0.05, 0) is 23.9 Å². The molecule has 4 N–H and O–H groups in total. The lowest BCUT2D eigenvalue weighted by Gasteiger charge is -2.28. The molecule has 1 atom stereocenters. The van der Waals surface area contributed by atoms with Crippen LogP contribution in [0.25, 0.3) is 10.8 Å². The normalized spacial score (nSPS) is 17.7. The third kappa shape index (κ3) is 2.48. The quantitative estimate of drug-likeness (QED) is 0.809. The van der Waals surface area contributed by atoms with E-state index in [2.05, 4.69) is 10.6 Å². The molecule has 1 heterocycles. The van der Waals surface area contributed by atoms with E-state index in [9.17, 15) is 9.59 Å². The molecule has 2 aromatic rings. The van der Waals surface area contributed by atoms with E-state index >= 15 is 0 Å². The van der Waals surface area contributed by atoms with E-state index in [4.69, 9.17) is 10.5 Å². The summed E-state index contributed by atoms with van der Waals surface area (Å²) in [6, 6.07) is 10.4. The molecule has 0 fully saturated rings. The van der Waals surface area contributed by atoms with Crippen molar-refractivity contribution in [2.75, 3.05) is 7.11 Å². The zero-order valence-corrected chi connectivity index (χ0v) is 12.8. The summed E-state index contributed by atoms with van der Waals surface area (Å²) in [5.74, 6) is 0.158. The minimum atomic E-state index is -0.600. The fourth-order valence-corrected chi connectivity index (χ4v) is 2.98. The van der Waals surface area contributed by atoms with Gasteiger partial charge in [-0.25, -0.2) is 4.79 Å². The third-order valence-electron chi connectivity index (χ3n) is 3.98. The number of benzene rings is 2. The van der Waals surface area contributed by atoms with E-state index in [0.29, 0.717) is 11.3 Å². The van der Waals surface area contributed by atoms with Gasteiger partial charge in [-0.1, -0.05) is 30.3 Å². The summed E-state index contributed by atoms with van der Waals surface area (Å²) < 4.78 is 5.38. The molecule has 0 aliphatic carbocycles. The molecule has 1 aliphatic heterocycles. The Labute approximate surface area is 133 Å². The molecular weight excluding hydrogens is 294 g/mol. The number of rotatable bonds is 3. The second kappa shape index (κ2) is 5.64. The smallest absolute Gasteiger partial charge is 0.319 e. The number of nitrogens with two attached hydrogens (primary N) is 1. The van der Waals surface area contributed by atoms with Crippen LogP contribution in [0.1, 0.15) is 18.5 Å². The van der Waals surface area contributed by atoms with Gasteiger partial charge in [0.25, 0.3) is 0 Å². The molecule has 2 aromatic carbocycles. The second-order valence-corrected chi connectivity index (χ2v) is 5.34. The van der Waals surface area contributed by atoms with Gasteiger partial charge >= 0.3 is 6.03 Å². The molecular formula is C17H17N3O3. The van der Waals surface area contributed by atoms with Crippen LogP contribution >= 0.6 is 0 Å². The van der Waals surface area contributed by atoms with Crippen molar-refractivity contribution in [1.29, 1.82) is 0 Å². The number of urea groups is 1. The lowest BCUT2D eigenvalue weighted by molar-refractivity contribution is -0.115. The molecule has 0 aromatic heterocycles. The first-order valence-corrected chi connectivity index (χ1v) is 7.16. The highest BCUT2D eigenvalue weighted by atomic mass is 16.5. The average Bonchev–Trinajstić information content (AvgIpc) is 2.52. The van der Waals surface area contributed by atoms with Crippen LogP contribution in [0.3, 0.4) is 0 Å². The van der Waals surface area contributed by atoms with E-state index in [1.165, 1.54) is 0 Å². The van der Waals surface area contributed by atoms with E-state index in [1.807, 2.05) is 36.4 Å². The number of methoxy groups -OCH3 is 1. The van der Waals surface area contributed by atoms with Gasteiger partial charge in [-0.15, -0.1) is 0 Å². The van der Waals surface area contributed by atoms with Gasteiger partial charge in [-0.3, -0.25) is 4.79 Å². The molecule has 1 aliphatic rings. The van der Waals surface area contributed by atoms with Gasteiger partial charge in [0.2, 0.25) is 5.91 Å². The molecule has 6 nitrogen and oxygen atoms in total. The SMILES string of the molecule is COc1ccc(C2NC(=O)NC(C)=C2C(N)=O)c2ccccc12. The maximum absolute atomic E-state index is 11.9. The first-order valence-electron chi connectivity index (χ1n) is 7.16. The molecule has 0 radical (unpaired) electrons. The van der Waals surface area contributed by atoms with E-state index in [0.717, 1.165) is 22.1 Å². The number of hydrogen-bond acceptors (Lipinski definition) is 3. The number of nitrogens with one attached hydrogen (secondary N) is 2. The van der Waals surface area contributed by atoms with Crippen molar-refractivity contribution in [2.24, 2.45) is 5.73 Å². The molecule has 3 rings (SSSR count). The predicted octanol–water partition coefficient (Wildman–Crippen LogP) is 1.96. The maximum Gasteiger partial charge on any atom is 0.319 e. The molecule has 0 saturated carbocycles. The predicted molar refractivity (Wildman–Crippen MR) is 86.8 cm³/mol. The van der Waals surface area contributed by atoms with Gasteiger partial charge in [0.15, 0.2) is 0 Å². The first kappa shape index (κ1) is 14.9. The Kier molecular flexibility index (Phi) is 3.65. The first-order chi connectivity index (χ1) is 11.0. The standard InChI is InChI=1S/C17H17N3O3/c1-9-14(16(18)21)15(20-17(22)19-9)12-7-8-13(23-2)11-6-4-3-5-10(11)12/h3-8,15H,1-2H3,(H2,18,21)(H2,19,20,22). The Morgan fingerprint density at radius 2 is 1.87 bits per heavy atom. The summed E-state index contributed by atoms with van der Waals surface area (Å²) in [5.41, 5.74) is 7.13. The van der Waals surface area contributed by atoms with Crippen LogP contribution in [0.15, 0.2) is 47.7 Å². The van der Waals surface area contributed by atoms with E-state index < -0.39 is 11.9 Å². The second-order valence-electron chi connectivity index (χ2n) is 5.34. The summed E-state index contributed by atoms with van der Waals surface area (Å²) >= 11 is 0. The Bertz CT molecular complexity index is 842. The number of allylic oxidation sites excluding steroid dienone is 1. The van der Waals surface area contributed by atoms with Gasteiger partial charge in [0.1, 0.15) is 5.75 Å². The van der Waals surface area contributed by atoms with Crippen molar-refractivity contribution < 1.29 is 14.3 Å². The summed E-state index contributed by atoms with van der Waals surface area (Å²) in [6.07, 6.45) is 0. The Morgan fingerprint density at radius 3 is 2.52 bits per heavy atom. The maximum atomic E-state index is 11.9. The minimum Gasteiger partial charge on any atom is -0.496 e. The number of carbonyl (C=O) groups excluding carboxylic acids is 2. The summed E-state index contributed by atoms with van der Waals surface area (Å²) in [5, 5.41) is 7.16. The van der Waals surface area contributed by atoms with E-state index in [-0.39, 0.29) is 6.03 Å². The van der Waals surface area contributed by atoms with Crippen LogP contribution in [-0.2, 0) is 4.79 Å². The van der Waals surface area contributed by atoms with Gasteiger partial charge in [0, 0.05) is 11.1 Å². The highest BCUT2D eigenvalue weighted by Gasteiger charge is 2.31. The number of amides is 3. The van der Waals surface area contributed by atoms with Crippen LogP contribution in [0.4, 0.5) is 4.79 Å². The summed E-state index contributed by atoms with van der Waals surface area (Å²) in [7, 11) is 1.60. The van der Waals surface area contributed by atoms with Crippen molar-refractivity contribution in [1.82, 2.24) is 10.6 Å². The lowest BCUT2D eigenvalue weighted by Crippen LogP contribution is -2.46. The van der Waals surface area contributed by atoms with Gasteiger partial charge in [0.05, 0.1) is 18.7 Å². The van der Waals surface area contributed by atoms with Crippen LogP contribution in [0.2, 0.25) is 0 Å². The lowest BCUT2D eigenvalue weighted by atomic mass is 9.91. The fraction of sp³-hybridized carbons (Fsp3) is 0.176. The van der Waals surface area contributed by atoms with Crippen LogP contribution in [0.5, 0.6) is 5.75 Å². The van der Waals surface area contributed by atoms with E-state index in [1.54, 1.807) is 14.0 Å². The van der Waals surface area contributed by atoms with Crippen molar-refractivity contribution >= 4 is 22.7 Å². The monoisotopic (exact) mass is 311 g/mol. The summed E-state index contributed by atoms with van der Waals surface area (Å²) in [6.45, 7) is 1.66. The third-order valence-corrected chi connectivity index (χ3v) is 3.98. The van der Waals surface area contributed by atoms with Crippen LogP contribution < -0.4 is 21.1 Å². The van der Waals surface area contributed by atoms with Crippen LogP contribution in [0, 0.1) is 0 Å². The molecule has 0 bridgehead atoms. The zero-order chi connectivity index (χ0) is 16.6. The molecule has 1 unspecified atom stereocenters. The van der Waals surface area contributed by atoms with Crippen molar-refractivity contribution in [3.8, 4) is 5.75 Å². The highest BCUT2D eigenvalue weighted by molar-refractivity contribution is 6.00. The largest absolute Gasteiger partial charge is 0.496 e. The molecule has 23 heavy (non-hydrogen) atoms. The Hall–Kier alpha value is -3.02. The number of fused-ring (bicyclic) bond motifs is 1. The van der Waals surface area contributed by atoms with Crippen LogP contribution in [-0.4, -0.2) is 19.0 Å². The highest BCUT2D eigenvalue weighted by Crippen LogP contribution is 2.35. The number of primary amides is 1. The fourth-order valence-electron chi connectivity index (χ4n) is 2.98. The molecule has 3 amide bonds. The molecule has 0 spiro atoms. The Balaban J connectivity index is 2.25. The summed E-state index contributed by atoms with van der Waals surface area (Å²) in [4.78, 5) is 23.7. The Morgan fingerprint density at radius 1 is 1.17 bits per heavy atom. The topological polar surface area (TPSA) is 93.4 Å². The van der Waals surface area contributed by atoms with Gasteiger partial charge in [-0.2, -0.15) is 0 Å². The number of ether oxygens (including phenoxy) is 1. The van der Waals surface area contributed by atoms with Crippen molar-refractivity contribution in [3.05, 3.63) is 53.2 Å². The molecule has 118 valence electrons. The molecule has 6 heteroatoms. The number of carbonyl (C=O) groups is 2. The van der Waals surface area contributed by atoms with Gasteiger partial charge < -0.3 is 21.1 Å². The van der Waals surface area contributed by atoms with Crippen molar-refractivity contribution in [3.63, 3.8) is 0 Å². The molecule has 0 saturated heterocycles. The minimum absolute atomic E-state index is 0.347. The average molecular weight is 311 g/mol.